The smallest absolute Gasteiger partial charge is 0.339 e. The number of rotatable bonds is 4. The van der Waals surface area contributed by atoms with E-state index in [1.54, 1.807) is 19.2 Å². The van der Waals surface area contributed by atoms with E-state index < -0.39 is 12.0 Å². The Morgan fingerprint density at radius 3 is 2.83 bits per heavy atom. The molecule has 0 bridgehead atoms. The molecular weight excluding hydrogens is 452 g/mol. The van der Waals surface area contributed by atoms with Crippen LogP contribution in [0.2, 0.25) is 0 Å². The van der Waals surface area contributed by atoms with E-state index in [0.717, 1.165) is 20.8 Å². The average Bonchev–Trinajstić information content (AvgIpc) is 2.85. The molecule has 1 aliphatic heterocycles. The van der Waals surface area contributed by atoms with Crippen LogP contribution in [0.25, 0.3) is 10.8 Å². The summed E-state index contributed by atoms with van der Waals surface area (Å²) < 4.78 is 12.1. The molecule has 0 aliphatic carbocycles. The molecule has 0 unspecified atom stereocenters. The van der Waals surface area contributed by atoms with E-state index >= 15 is 0 Å². The monoisotopic (exact) mass is 470 g/mol. The predicted octanol–water partition coefficient (Wildman–Crippen LogP) is 3.56. The number of aromatic carboxylic acids is 1. The number of anilines is 1. The summed E-state index contributed by atoms with van der Waals surface area (Å²) in [5.74, 6) is -0.740. The van der Waals surface area contributed by atoms with Crippen LogP contribution in [-0.4, -0.2) is 36.7 Å². The molecule has 30 heavy (non-hydrogen) atoms. The largest absolute Gasteiger partial charge is 0.496 e. The molecule has 0 aromatic heterocycles. The van der Waals surface area contributed by atoms with Crippen LogP contribution >= 0.6 is 15.9 Å². The van der Waals surface area contributed by atoms with Crippen LogP contribution < -0.4 is 20.1 Å². The van der Waals surface area contributed by atoms with Crippen molar-refractivity contribution in [2.75, 3.05) is 18.6 Å². The molecule has 7 nitrogen and oxygen atoms in total. The topological polar surface area (TPSA) is 102 Å². The zero-order valence-corrected chi connectivity index (χ0v) is 17.7. The number of nitrogens with zero attached hydrogens (tertiary/aromatic N) is 1. The van der Waals surface area contributed by atoms with Crippen LogP contribution in [0.4, 0.5) is 5.69 Å². The number of methoxy groups -OCH3 is 1. The van der Waals surface area contributed by atoms with Crippen molar-refractivity contribution in [2.24, 2.45) is 5.73 Å². The Bertz CT molecular complexity index is 1160. The first kappa shape index (κ1) is 20.2. The summed E-state index contributed by atoms with van der Waals surface area (Å²) in [6.07, 6.45) is 0. The summed E-state index contributed by atoms with van der Waals surface area (Å²) >= 11 is 3.48. The summed E-state index contributed by atoms with van der Waals surface area (Å²) in [7, 11) is 1.57. The van der Waals surface area contributed by atoms with E-state index in [1.807, 2.05) is 30.3 Å². The zero-order valence-electron chi connectivity index (χ0n) is 16.1. The van der Waals surface area contributed by atoms with Crippen LogP contribution in [0.15, 0.2) is 53.0 Å². The van der Waals surface area contributed by atoms with E-state index in [2.05, 4.69) is 15.9 Å². The number of benzene rings is 3. The molecule has 1 aliphatic rings. The first-order valence-corrected chi connectivity index (χ1v) is 10.0. The van der Waals surface area contributed by atoms with Crippen LogP contribution in [-0.2, 0) is 11.3 Å². The highest BCUT2D eigenvalue weighted by Gasteiger charge is 2.32. The van der Waals surface area contributed by atoms with Crippen molar-refractivity contribution in [1.29, 1.82) is 0 Å². The Kier molecular flexibility index (Phi) is 5.36. The number of carboxylic acids is 1. The second-order valence-electron chi connectivity index (χ2n) is 6.91. The summed E-state index contributed by atoms with van der Waals surface area (Å²) in [6, 6.07) is 13.4. The molecule has 1 heterocycles. The number of hydrogen-bond donors (Lipinski definition) is 2. The van der Waals surface area contributed by atoms with Gasteiger partial charge in [-0.25, -0.2) is 4.79 Å². The Labute approximate surface area is 181 Å². The SMILES string of the molecule is COc1ccc2cc(Br)ccc2c1CN1C(=O)[C@@H](N)COc2c(C(=O)O)cccc21. The van der Waals surface area contributed by atoms with E-state index in [-0.39, 0.29) is 30.4 Å². The lowest BCUT2D eigenvalue weighted by Crippen LogP contribution is -2.45. The van der Waals surface area contributed by atoms with E-state index in [9.17, 15) is 14.7 Å². The van der Waals surface area contributed by atoms with Crippen molar-refractivity contribution in [3.63, 3.8) is 0 Å². The molecule has 3 aromatic carbocycles. The number of hydrogen-bond acceptors (Lipinski definition) is 5. The number of carbonyl (C=O) groups is 2. The van der Waals surface area contributed by atoms with Gasteiger partial charge in [0.25, 0.3) is 0 Å². The Morgan fingerprint density at radius 2 is 2.10 bits per heavy atom. The van der Waals surface area contributed by atoms with Crippen LogP contribution in [0.5, 0.6) is 11.5 Å². The second-order valence-corrected chi connectivity index (χ2v) is 7.83. The highest BCUT2D eigenvalue weighted by Crippen LogP contribution is 2.38. The number of carboxylic acid groups (broad SMARTS) is 1. The quantitative estimate of drug-likeness (QED) is 0.604. The van der Waals surface area contributed by atoms with Gasteiger partial charge in [0.2, 0.25) is 5.91 Å². The highest BCUT2D eigenvalue weighted by molar-refractivity contribution is 9.10. The fourth-order valence-electron chi connectivity index (χ4n) is 3.64. The van der Waals surface area contributed by atoms with Gasteiger partial charge in [-0.15, -0.1) is 0 Å². The van der Waals surface area contributed by atoms with Gasteiger partial charge in [-0.3, -0.25) is 4.79 Å². The molecule has 4 rings (SSSR count). The standard InChI is InChI=1S/C22H19BrN2O5/c1-29-19-8-5-12-9-13(23)6-7-14(12)16(19)10-25-18-4-2-3-15(22(27)28)20(18)30-11-17(24)21(25)26/h2-9,17H,10-11,24H2,1H3,(H,27,28)/t17-/m0/s1. The molecule has 1 amide bonds. The molecule has 3 N–H and O–H groups in total. The normalized spacial score (nSPS) is 16.0. The highest BCUT2D eigenvalue weighted by atomic mass is 79.9. The molecule has 1 atom stereocenters. The third-order valence-electron chi connectivity index (χ3n) is 5.09. The first-order valence-electron chi connectivity index (χ1n) is 9.22. The van der Waals surface area contributed by atoms with Gasteiger partial charge in [-0.05, 0) is 41.1 Å². The number of fused-ring (bicyclic) bond motifs is 2. The number of halogens is 1. The molecule has 3 aromatic rings. The third-order valence-corrected chi connectivity index (χ3v) is 5.59. The fourth-order valence-corrected chi connectivity index (χ4v) is 4.02. The maximum atomic E-state index is 13.1. The molecule has 0 spiro atoms. The van der Waals surface area contributed by atoms with Crippen LogP contribution in [0.3, 0.4) is 0 Å². The van der Waals surface area contributed by atoms with Gasteiger partial charge < -0.3 is 25.2 Å². The number of carbonyl (C=O) groups excluding carboxylic acids is 1. The van der Waals surface area contributed by atoms with Crippen molar-refractivity contribution in [1.82, 2.24) is 0 Å². The molecule has 0 saturated carbocycles. The minimum Gasteiger partial charge on any atom is -0.496 e. The zero-order chi connectivity index (χ0) is 21.4. The summed E-state index contributed by atoms with van der Waals surface area (Å²) in [5.41, 5.74) is 7.16. The third kappa shape index (κ3) is 3.48. The maximum Gasteiger partial charge on any atom is 0.339 e. The number of nitrogens with two attached hydrogens (primary N) is 1. The Hall–Kier alpha value is -3.10. The van der Waals surface area contributed by atoms with Gasteiger partial charge in [-0.2, -0.15) is 0 Å². The van der Waals surface area contributed by atoms with Gasteiger partial charge in [0.05, 0.1) is 19.3 Å². The van der Waals surface area contributed by atoms with Gasteiger partial charge in [0.1, 0.15) is 24.0 Å². The van der Waals surface area contributed by atoms with E-state index in [4.69, 9.17) is 15.2 Å². The molecule has 0 saturated heterocycles. The summed E-state index contributed by atoms with van der Waals surface area (Å²) in [6.45, 7) is 0.0420. The Balaban J connectivity index is 1.90. The number of amides is 1. The van der Waals surface area contributed by atoms with E-state index in [0.29, 0.717) is 11.4 Å². The molecule has 0 fully saturated rings. The second kappa shape index (κ2) is 7.97. The fraction of sp³-hybridized carbons (Fsp3) is 0.182. The van der Waals surface area contributed by atoms with Crippen molar-refractivity contribution in [3.05, 3.63) is 64.1 Å². The molecular formula is C22H19BrN2O5. The lowest BCUT2D eigenvalue weighted by molar-refractivity contribution is -0.120. The first-order chi connectivity index (χ1) is 14.4. The van der Waals surface area contributed by atoms with Crippen molar-refractivity contribution < 1.29 is 24.2 Å². The average molecular weight is 471 g/mol. The van der Waals surface area contributed by atoms with Crippen LogP contribution in [0, 0.1) is 0 Å². The van der Waals surface area contributed by atoms with Gasteiger partial charge in [0, 0.05) is 10.0 Å². The van der Waals surface area contributed by atoms with Crippen LogP contribution in [0.1, 0.15) is 15.9 Å². The minimum absolute atomic E-state index is 0.0202. The van der Waals surface area contributed by atoms with Crippen molar-refractivity contribution in [2.45, 2.75) is 12.6 Å². The maximum absolute atomic E-state index is 13.1. The summed E-state index contributed by atoms with van der Waals surface area (Å²) in [5, 5.41) is 11.4. The molecule has 0 radical (unpaired) electrons. The minimum atomic E-state index is -1.14. The molecule has 8 heteroatoms. The summed E-state index contributed by atoms with van der Waals surface area (Å²) in [4.78, 5) is 26.3. The van der Waals surface area contributed by atoms with Crippen molar-refractivity contribution in [3.8, 4) is 11.5 Å². The van der Waals surface area contributed by atoms with E-state index in [1.165, 1.54) is 11.0 Å². The molecule has 154 valence electrons. The lowest BCUT2D eigenvalue weighted by Gasteiger charge is -2.25. The predicted molar refractivity (Wildman–Crippen MR) is 116 cm³/mol. The van der Waals surface area contributed by atoms with Gasteiger partial charge in [-0.1, -0.05) is 34.1 Å². The lowest BCUT2D eigenvalue weighted by atomic mass is 10.0. The van der Waals surface area contributed by atoms with Gasteiger partial charge >= 0.3 is 5.97 Å². The number of para-hydroxylation sites is 1. The number of ether oxygens (including phenoxy) is 2. The Morgan fingerprint density at radius 1 is 1.30 bits per heavy atom. The van der Waals surface area contributed by atoms with Crippen molar-refractivity contribution >= 4 is 44.3 Å². The van der Waals surface area contributed by atoms with Gasteiger partial charge in [0.15, 0.2) is 5.75 Å².